The minimum Gasteiger partial charge on any atom is -0.457 e. The van der Waals surface area contributed by atoms with Crippen LogP contribution in [0.2, 0.25) is 0 Å². The van der Waals surface area contributed by atoms with E-state index < -0.39 is 0 Å². The summed E-state index contributed by atoms with van der Waals surface area (Å²) in [7, 11) is 0. The van der Waals surface area contributed by atoms with Crippen LogP contribution in [0.5, 0.6) is 46.0 Å². The summed E-state index contributed by atoms with van der Waals surface area (Å²) >= 11 is 0. The number of hydrogen-bond donors (Lipinski definition) is 0. The first-order valence-electron chi connectivity index (χ1n) is 18.1. The van der Waals surface area contributed by atoms with E-state index in [0.717, 1.165) is 58.8 Å². The Morgan fingerprint density at radius 2 is 0.623 bits per heavy atom. The summed E-state index contributed by atoms with van der Waals surface area (Å²) < 4.78 is 24.4. The SMILES string of the molecule is Cc1ccc(Oc2ccc(C(C)(C)c3ccc(Oc4ccc(CCc5ccc(Oc6cccc(Oc7ccc(C)cc7)c6)cc5)cc4)cc3)cc2)cc1. The lowest BCUT2D eigenvalue weighted by atomic mass is 9.78. The van der Waals surface area contributed by atoms with Gasteiger partial charge in [0.05, 0.1) is 0 Å². The smallest absolute Gasteiger partial charge is 0.131 e. The van der Waals surface area contributed by atoms with E-state index in [1.165, 1.54) is 33.4 Å². The third-order valence-electron chi connectivity index (χ3n) is 9.49. The van der Waals surface area contributed by atoms with Crippen molar-refractivity contribution < 1.29 is 18.9 Å². The molecule has 0 aromatic heterocycles. The van der Waals surface area contributed by atoms with Crippen molar-refractivity contribution in [1.82, 2.24) is 0 Å². The minimum atomic E-state index is -0.181. The van der Waals surface area contributed by atoms with Gasteiger partial charge in [-0.05, 0) is 134 Å². The van der Waals surface area contributed by atoms with Gasteiger partial charge in [0.2, 0.25) is 0 Å². The maximum Gasteiger partial charge on any atom is 0.131 e. The highest BCUT2D eigenvalue weighted by Crippen LogP contribution is 2.35. The summed E-state index contributed by atoms with van der Waals surface area (Å²) in [4.78, 5) is 0. The molecule has 0 spiro atoms. The number of hydrogen-bond acceptors (Lipinski definition) is 4. The molecule has 0 aliphatic heterocycles. The fourth-order valence-electron chi connectivity index (χ4n) is 6.14. The minimum absolute atomic E-state index is 0.181. The Morgan fingerprint density at radius 3 is 0.962 bits per heavy atom. The molecule has 0 radical (unpaired) electrons. The molecule has 7 aromatic carbocycles. The van der Waals surface area contributed by atoms with Crippen molar-refractivity contribution in [3.63, 3.8) is 0 Å². The van der Waals surface area contributed by atoms with E-state index in [0.29, 0.717) is 0 Å². The summed E-state index contributed by atoms with van der Waals surface area (Å²) in [6.45, 7) is 8.61. The lowest BCUT2D eigenvalue weighted by molar-refractivity contribution is 0.460. The Morgan fingerprint density at radius 1 is 0.340 bits per heavy atom. The molecular weight excluding hydrogens is 653 g/mol. The highest BCUT2D eigenvalue weighted by Gasteiger charge is 2.23. The van der Waals surface area contributed by atoms with Gasteiger partial charge in [0.1, 0.15) is 46.0 Å². The number of rotatable bonds is 13. The third kappa shape index (κ3) is 9.35. The van der Waals surface area contributed by atoms with Crippen LogP contribution in [-0.2, 0) is 18.3 Å². The Labute approximate surface area is 313 Å². The van der Waals surface area contributed by atoms with Crippen molar-refractivity contribution in [3.05, 3.63) is 203 Å². The number of ether oxygens (including phenoxy) is 4. The average Bonchev–Trinajstić information content (AvgIpc) is 3.18. The molecule has 0 saturated heterocycles. The Kier molecular flexibility index (Phi) is 10.6. The standard InChI is InChI=1S/C49H44O4/c1-35-8-22-41(23-9-35)50-45-30-18-39(19-31-45)49(3,4)40-20-32-46(33-21-40)51-43-26-14-37(15-27-43)12-13-38-16-28-44(29-17-38)53-48-7-5-6-47(34-48)52-42-24-10-36(2)11-25-42/h5-11,14-34H,12-13H2,1-4H3. The maximum atomic E-state index is 6.21. The lowest BCUT2D eigenvalue weighted by Gasteiger charge is -2.26. The van der Waals surface area contributed by atoms with Crippen LogP contribution >= 0.6 is 0 Å². The maximum absolute atomic E-state index is 6.21. The first-order chi connectivity index (χ1) is 25.7. The Hall–Kier alpha value is -6.26. The largest absolute Gasteiger partial charge is 0.457 e. The second-order valence-corrected chi connectivity index (χ2v) is 14.0. The van der Waals surface area contributed by atoms with E-state index in [2.05, 4.69) is 88.4 Å². The molecule has 0 amide bonds. The molecule has 7 rings (SSSR count). The van der Waals surface area contributed by atoms with Gasteiger partial charge < -0.3 is 18.9 Å². The van der Waals surface area contributed by atoms with Crippen molar-refractivity contribution in [1.29, 1.82) is 0 Å². The molecule has 264 valence electrons. The zero-order valence-corrected chi connectivity index (χ0v) is 30.7. The molecule has 0 unspecified atom stereocenters. The molecule has 0 fully saturated rings. The summed E-state index contributed by atoms with van der Waals surface area (Å²) in [5.74, 6) is 6.35. The zero-order chi connectivity index (χ0) is 36.6. The van der Waals surface area contributed by atoms with Gasteiger partial charge in [0.15, 0.2) is 0 Å². The van der Waals surface area contributed by atoms with Gasteiger partial charge in [-0.15, -0.1) is 0 Å². The van der Waals surface area contributed by atoms with E-state index in [1.54, 1.807) is 0 Å². The fraction of sp³-hybridized carbons (Fsp3) is 0.143. The van der Waals surface area contributed by atoms with Crippen LogP contribution in [-0.4, -0.2) is 0 Å². The van der Waals surface area contributed by atoms with Crippen LogP contribution in [0.25, 0.3) is 0 Å². The van der Waals surface area contributed by atoms with Crippen molar-refractivity contribution in [2.24, 2.45) is 0 Å². The molecule has 0 saturated carbocycles. The van der Waals surface area contributed by atoms with Crippen LogP contribution in [0.15, 0.2) is 170 Å². The molecule has 4 heteroatoms. The van der Waals surface area contributed by atoms with E-state index in [-0.39, 0.29) is 5.41 Å². The molecule has 0 atom stereocenters. The van der Waals surface area contributed by atoms with E-state index in [9.17, 15) is 0 Å². The van der Waals surface area contributed by atoms with Crippen molar-refractivity contribution in [2.45, 2.75) is 46.0 Å². The van der Waals surface area contributed by atoms with E-state index >= 15 is 0 Å². The van der Waals surface area contributed by atoms with Gasteiger partial charge in [-0.1, -0.05) is 104 Å². The molecule has 7 aromatic rings. The molecule has 53 heavy (non-hydrogen) atoms. The molecular formula is C49H44O4. The van der Waals surface area contributed by atoms with E-state index in [4.69, 9.17) is 18.9 Å². The summed E-state index contributed by atoms with van der Waals surface area (Å²) in [5, 5.41) is 0. The van der Waals surface area contributed by atoms with Crippen LogP contribution < -0.4 is 18.9 Å². The van der Waals surface area contributed by atoms with Crippen molar-refractivity contribution in [3.8, 4) is 46.0 Å². The summed E-state index contributed by atoms with van der Waals surface area (Å²) in [5.41, 5.74) is 7.17. The molecule has 0 aliphatic carbocycles. The normalized spacial score (nSPS) is 11.2. The highest BCUT2D eigenvalue weighted by molar-refractivity contribution is 5.44. The predicted molar refractivity (Wildman–Crippen MR) is 214 cm³/mol. The Bertz CT molecular complexity index is 2220. The van der Waals surface area contributed by atoms with Crippen LogP contribution in [0.3, 0.4) is 0 Å². The van der Waals surface area contributed by atoms with Gasteiger partial charge in [-0.2, -0.15) is 0 Å². The second kappa shape index (κ2) is 16.0. The molecule has 4 nitrogen and oxygen atoms in total. The average molecular weight is 697 g/mol. The van der Waals surface area contributed by atoms with Crippen LogP contribution in [0.4, 0.5) is 0 Å². The van der Waals surface area contributed by atoms with Gasteiger partial charge in [-0.25, -0.2) is 0 Å². The monoisotopic (exact) mass is 696 g/mol. The summed E-state index contributed by atoms with van der Waals surface area (Å²) in [6.07, 6.45) is 1.86. The fourth-order valence-corrected chi connectivity index (χ4v) is 6.14. The first-order valence-corrected chi connectivity index (χ1v) is 18.1. The second-order valence-electron chi connectivity index (χ2n) is 14.0. The van der Waals surface area contributed by atoms with Gasteiger partial charge >= 0.3 is 0 Å². The molecule has 0 aliphatic rings. The zero-order valence-electron chi connectivity index (χ0n) is 30.7. The topological polar surface area (TPSA) is 36.9 Å². The lowest BCUT2D eigenvalue weighted by Crippen LogP contribution is -2.18. The van der Waals surface area contributed by atoms with Crippen molar-refractivity contribution >= 4 is 0 Å². The molecule has 0 bridgehead atoms. The van der Waals surface area contributed by atoms with Gasteiger partial charge in [0.25, 0.3) is 0 Å². The predicted octanol–water partition coefficient (Wildman–Crippen LogP) is 13.6. The van der Waals surface area contributed by atoms with Crippen molar-refractivity contribution in [2.75, 3.05) is 0 Å². The van der Waals surface area contributed by atoms with Gasteiger partial charge in [0, 0.05) is 11.5 Å². The van der Waals surface area contributed by atoms with Crippen LogP contribution in [0.1, 0.15) is 47.2 Å². The first kappa shape index (κ1) is 35.2. The molecule has 0 heterocycles. The highest BCUT2D eigenvalue weighted by atomic mass is 16.5. The summed E-state index contributed by atoms with van der Waals surface area (Å²) in [6, 6.07) is 57.2. The quantitative estimate of drug-likeness (QED) is 0.120. The molecule has 0 N–H and O–H groups in total. The number of benzene rings is 7. The number of aryl methyl sites for hydroxylation is 4. The Balaban J connectivity index is 0.886. The van der Waals surface area contributed by atoms with Gasteiger partial charge in [-0.3, -0.25) is 0 Å². The van der Waals surface area contributed by atoms with E-state index in [1.807, 2.05) is 109 Å². The van der Waals surface area contributed by atoms with Crippen LogP contribution in [0, 0.1) is 13.8 Å². The third-order valence-corrected chi connectivity index (χ3v) is 9.49.